The molecule has 6 atom stereocenters. The molecule has 0 amide bonds. The fraction of sp³-hybridized carbons (Fsp3) is 0.355. The molecule has 0 unspecified atom stereocenters. The molecule has 6 aliphatic rings. The molecular formula is C93H97F11N18O12. The van der Waals surface area contributed by atoms with Crippen molar-refractivity contribution in [2.45, 2.75) is 213 Å². The van der Waals surface area contributed by atoms with Crippen LogP contribution < -0.4 is 99.4 Å². The van der Waals surface area contributed by atoms with Crippen LogP contribution in [0.3, 0.4) is 0 Å². The summed E-state index contributed by atoms with van der Waals surface area (Å²) in [5.41, 5.74) is -0.798. The van der Waals surface area contributed by atoms with Crippen LogP contribution in [0, 0.1) is 64.0 Å². The second kappa shape index (κ2) is 41.1. The monoisotopic (exact) mass is 1870 g/mol. The molecule has 0 fully saturated rings. The second-order valence-electron chi connectivity index (χ2n) is 33.3. The van der Waals surface area contributed by atoms with Crippen molar-refractivity contribution < 1.29 is 48.3 Å². The second-order valence-corrected chi connectivity index (χ2v) is 33.3. The zero-order valence-corrected chi connectivity index (χ0v) is 74.0. The van der Waals surface area contributed by atoms with Gasteiger partial charge in [-0.05, 0) is 212 Å². The number of nitrogens with one attached hydrogen (secondary N) is 12. The maximum absolute atomic E-state index is 13.9. The summed E-state index contributed by atoms with van der Waals surface area (Å²) in [7, 11) is 0. The Labute approximate surface area is 753 Å². The molecule has 0 bridgehead atoms. The molecule has 6 aliphatic heterocycles. The van der Waals surface area contributed by atoms with Crippen LogP contribution in [0.15, 0.2) is 173 Å². The fourth-order valence-corrected chi connectivity index (χ4v) is 17.3. The Kier molecular flexibility index (Phi) is 29.7. The van der Waals surface area contributed by atoms with E-state index in [4.69, 9.17) is 0 Å². The van der Waals surface area contributed by atoms with E-state index in [0.29, 0.717) is 146 Å². The lowest BCUT2D eigenvalue weighted by atomic mass is 9.95. The molecule has 708 valence electrons. The zero-order chi connectivity index (χ0) is 96.9. The van der Waals surface area contributed by atoms with E-state index in [1.807, 2.05) is 0 Å². The van der Waals surface area contributed by atoms with E-state index >= 15 is 0 Å². The van der Waals surface area contributed by atoms with E-state index in [1.165, 1.54) is 65.2 Å². The average molecular weight is 1870 g/mol. The highest BCUT2D eigenvalue weighted by Gasteiger charge is 2.35. The molecule has 0 spiro atoms. The van der Waals surface area contributed by atoms with Crippen molar-refractivity contribution in [1.29, 1.82) is 0 Å². The largest absolute Gasteiger partial charge is 0.364 e. The predicted molar refractivity (Wildman–Crippen MR) is 482 cm³/mol. The Morgan fingerprint density at radius 2 is 0.560 bits per heavy atom. The number of rotatable bonds is 12. The third-order valence-electron chi connectivity index (χ3n) is 24.1. The van der Waals surface area contributed by atoms with Gasteiger partial charge in [0.1, 0.15) is 75.6 Å². The number of hydrogen-bond donors (Lipinski definition) is 12. The highest BCUT2D eigenvalue weighted by Crippen LogP contribution is 2.38. The van der Waals surface area contributed by atoms with E-state index in [0.717, 1.165) is 59.2 Å². The minimum absolute atomic E-state index is 0.0753. The van der Waals surface area contributed by atoms with Gasteiger partial charge in [0.05, 0.1) is 69.6 Å². The number of hydrogen-bond acceptors (Lipinski definition) is 18. The van der Waals surface area contributed by atoms with Gasteiger partial charge in [-0.25, -0.2) is 77.1 Å². The fourth-order valence-electron chi connectivity index (χ4n) is 17.3. The molecule has 6 aromatic heterocycles. The van der Waals surface area contributed by atoms with Crippen LogP contribution in [-0.2, 0) is 58.2 Å². The number of H-pyrrole nitrogens is 6. The van der Waals surface area contributed by atoms with Gasteiger partial charge in [0.15, 0.2) is 23.3 Å². The van der Waals surface area contributed by atoms with E-state index in [-0.39, 0.29) is 122 Å². The van der Waals surface area contributed by atoms with Crippen molar-refractivity contribution >= 4 is 34.9 Å². The molecule has 0 radical (unpaired) electrons. The van der Waals surface area contributed by atoms with Crippen molar-refractivity contribution in [2.75, 3.05) is 31.9 Å². The van der Waals surface area contributed by atoms with Crippen molar-refractivity contribution in [3.05, 3.63) is 371 Å². The van der Waals surface area contributed by atoms with Gasteiger partial charge < -0.3 is 31.9 Å². The molecule has 0 saturated heterocycles. The Hall–Kier alpha value is -14.6. The summed E-state index contributed by atoms with van der Waals surface area (Å²) >= 11 is 0. The van der Waals surface area contributed by atoms with E-state index in [1.54, 1.807) is 80.5 Å². The molecule has 12 N–H and O–H groups in total. The number of benzene rings is 6. The molecule has 6 aromatic carbocycles. The van der Waals surface area contributed by atoms with E-state index in [9.17, 15) is 106 Å². The van der Waals surface area contributed by atoms with Gasteiger partial charge in [-0.2, -0.15) is 0 Å². The molecule has 12 heterocycles. The van der Waals surface area contributed by atoms with Crippen LogP contribution in [0.4, 0.5) is 83.2 Å². The SMILES string of the molecule is CC(C)n1c(=O)[nH]c2c(c1=O)CC[C@H](c1c(F)cccc1F)N2.CC(C)n1c(=O)[nH]c2c(c1=O)CC[C@H](c1cccc(F)c1F)N2.CC(C)n1c(=O)[nH]c2c(c1=O)CC[C@H](c1ccccc1F)N2.CCn1c(=O)[nH]c2c(c1=O)CC[C@H](c1c(F)cccc1F)N2.CCn1c(=O)[nH]c2c(c1=O)CC[C@H](c1cc(F)ccc1F)N2.CCn1c(=O)[nH]c2c(c1=O)CC[C@H](c1ccc(F)c(F)c1)N2. The number of halogens is 11. The summed E-state index contributed by atoms with van der Waals surface area (Å²) in [6.07, 6.45) is 5.19. The van der Waals surface area contributed by atoms with Crippen LogP contribution in [-0.4, -0.2) is 57.3 Å². The van der Waals surface area contributed by atoms with Gasteiger partial charge in [0, 0.05) is 65.6 Å². The molecule has 41 heteroatoms. The molecular weight excluding hydrogens is 1770 g/mol. The number of anilines is 6. The summed E-state index contributed by atoms with van der Waals surface area (Å²) in [6, 6.07) is 21.3. The van der Waals surface area contributed by atoms with Gasteiger partial charge >= 0.3 is 34.1 Å². The number of nitrogens with zero attached hydrogens (tertiary/aromatic N) is 6. The van der Waals surface area contributed by atoms with Crippen LogP contribution in [0.2, 0.25) is 0 Å². The third kappa shape index (κ3) is 20.2. The number of aromatic nitrogens is 12. The van der Waals surface area contributed by atoms with Gasteiger partial charge in [0.25, 0.3) is 33.4 Å². The predicted octanol–water partition coefficient (Wildman–Crippen LogP) is 13.1. The first-order chi connectivity index (χ1) is 63.8. The van der Waals surface area contributed by atoms with E-state index < -0.39 is 116 Å². The molecule has 0 saturated carbocycles. The van der Waals surface area contributed by atoms with Gasteiger partial charge in [-0.15, -0.1) is 0 Å². The quantitative estimate of drug-likeness (QED) is 0.0506. The van der Waals surface area contributed by atoms with Crippen molar-refractivity contribution in [1.82, 2.24) is 57.3 Å². The van der Waals surface area contributed by atoms with Crippen molar-refractivity contribution in [3.63, 3.8) is 0 Å². The summed E-state index contributed by atoms with van der Waals surface area (Å²) < 4.78 is 157. The lowest BCUT2D eigenvalue weighted by molar-refractivity contribution is 0.483. The summed E-state index contributed by atoms with van der Waals surface area (Å²) in [5.74, 6) is -5.74. The average Bonchev–Trinajstić information content (AvgIpc) is 0.798. The van der Waals surface area contributed by atoms with Crippen molar-refractivity contribution in [3.8, 4) is 0 Å². The molecule has 30 nitrogen and oxygen atoms in total. The molecule has 18 rings (SSSR count). The maximum Gasteiger partial charge on any atom is 0.330 e. The van der Waals surface area contributed by atoms with Crippen LogP contribution >= 0.6 is 0 Å². The minimum Gasteiger partial charge on any atom is -0.364 e. The molecule has 134 heavy (non-hydrogen) atoms. The highest BCUT2D eigenvalue weighted by atomic mass is 19.2. The highest BCUT2D eigenvalue weighted by molar-refractivity contribution is 5.54. The standard InChI is InChI=1S/2C16H17F2N3O2.C16H18FN3O2.3C15H15F2N3O2/c1-8(2)21-15(22)9-6-7-12(19-14(9)20-16(21)23)13-10(17)4-3-5-11(13)18;1-8(2)21-15(22)10-6-7-12(19-14(10)20-16(21)23)9-4-3-5-11(17)13(9)18;1-9(2)20-15(21)11-7-8-13(18-14(11)19-16(20)22)10-5-3-4-6-12(10)17;1-2-20-14(21)9-4-6-12(18-13(9)19-15(20)22)10-7-8(16)3-5-11(10)17;1-2-20-14(21)9-4-6-12(18-13(9)19-15(20)22)8-3-5-10(16)11(17)7-8;1-2-20-14(21)8-6-7-11(18-13(8)19-15(20)22)12-9(16)4-3-5-10(12)17/h2*3-5,8,12,19H,6-7H2,1-2H3,(H,20,23);3-6,9,13,18H,7-8H2,1-2H3,(H,19,22);2*3,5,7,12,18H,2,4,6H2,1H3,(H,19,22);3-5,11,18H,2,6-7H2,1H3,(H,19,22)/t2*12-;13-;2*12-;11-/m111111/s1. The zero-order valence-electron chi connectivity index (χ0n) is 74.0. The third-order valence-corrected chi connectivity index (χ3v) is 24.1. The number of aromatic amines is 6. The van der Waals surface area contributed by atoms with Crippen LogP contribution in [0.5, 0.6) is 0 Å². The number of fused-ring (bicyclic) bond motifs is 6. The Morgan fingerprint density at radius 3 is 0.925 bits per heavy atom. The Bertz CT molecular complexity index is 7250. The summed E-state index contributed by atoms with van der Waals surface area (Å²) in [6.45, 7) is 16.6. The van der Waals surface area contributed by atoms with Gasteiger partial charge in [-0.1, -0.05) is 48.5 Å². The van der Waals surface area contributed by atoms with Crippen molar-refractivity contribution in [2.24, 2.45) is 0 Å². The van der Waals surface area contributed by atoms with Crippen LogP contribution in [0.1, 0.15) is 222 Å². The van der Waals surface area contributed by atoms with Gasteiger partial charge in [0.2, 0.25) is 0 Å². The first-order valence-electron chi connectivity index (χ1n) is 43.6. The maximum atomic E-state index is 13.9. The summed E-state index contributed by atoms with van der Waals surface area (Å²) in [4.78, 5) is 161. The molecule has 0 aliphatic carbocycles. The smallest absolute Gasteiger partial charge is 0.330 e. The first kappa shape index (κ1) is 97.0. The first-order valence-corrected chi connectivity index (χ1v) is 43.6. The normalized spacial score (nSPS) is 17.0. The topological polar surface area (TPSA) is 401 Å². The lowest BCUT2D eigenvalue weighted by Gasteiger charge is -2.27. The Morgan fingerprint density at radius 1 is 0.276 bits per heavy atom. The Balaban J connectivity index is 0.000000136. The summed E-state index contributed by atoms with van der Waals surface area (Å²) in [5, 5.41) is 17.8. The van der Waals surface area contributed by atoms with Gasteiger partial charge in [-0.3, -0.25) is 86.1 Å². The van der Waals surface area contributed by atoms with E-state index in [2.05, 4.69) is 61.8 Å². The van der Waals surface area contributed by atoms with Crippen LogP contribution in [0.25, 0.3) is 0 Å². The minimum atomic E-state index is -0.918. The molecule has 12 aromatic rings. The lowest BCUT2D eigenvalue weighted by Crippen LogP contribution is -2.41.